The van der Waals surface area contributed by atoms with Gasteiger partial charge in [0.1, 0.15) is 0 Å². The van der Waals surface area contributed by atoms with Crippen molar-refractivity contribution in [3.63, 3.8) is 0 Å². The number of ketones is 1. The van der Waals surface area contributed by atoms with E-state index >= 15 is 0 Å². The van der Waals surface area contributed by atoms with Crippen LogP contribution in [0.1, 0.15) is 34.2 Å². The molecule has 4 heteroatoms. The number of carbonyl (C=O) groups excluding carboxylic acids is 1. The Balaban J connectivity index is 2.45. The van der Waals surface area contributed by atoms with Gasteiger partial charge in [-0.3, -0.25) is 4.79 Å². The average Bonchev–Trinajstić information content (AvgIpc) is 2.74. The first-order valence-corrected chi connectivity index (χ1v) is 7.23. The third kappa shape index (κ3) is 3.01. The van der Waals surface area contributed by atoms with Crippen LogP contribution in [-0.4, -0.2) is 15.7 Å². The molecule has 1 heterocycles. The molecule has 0 radical (unpaired) electrons. The van der Waals surface area contributed by atoms with E-state index in [1.807, 2.05) is 48.7 Å². The molecule has 0 aliphatic rings. The van der Waals surface area contributed by atoms with Crippen molar-refractivity contribution in [1.29, 1.82) is 5.26 Å². The number of aromatic nitrogens is 1. The fourth-order valence-electron chi connectivity index (χ4n) is 2.48. The maximum atomic E-state index is 12.1. The molecule has 1 unspecified atom stereocenters. The zero-order chi connectivity index (χ0) is 15.6. The molecule has 0 aliphatic carbocycles. The monoisotopic (exact) mass is 300 g/mol. The second-order valence-corrected chi connectivity index (χ2v) is 5.76. The van der Waals surface area contributed by atoms with Gasteiger partial charge in [0, 0.05) is 22.6 Å². The molecule has 108 valence electrons. The van der Waals surface area contributed by atoms with Crippen LogP contribution in [0.4, 0.5) is 0 Å². The first-order valence-electron chi connectivity index (χ1n) is 6.79. The van der Waals surface area contributed by atoms with E-state index in [1.54, 1.807) is 6.92 Å². The van der Waals surface area contributed by atoms with Crippen molar-refractivity contribution in [2.45, 2.75) is 32.6 Å². The van der Waals surface area contributed by atoms with Crippen molar-refractivity contribution in [3.05, 3.63) is 52.8 Å². The largest absolute Gasteiger partial charge is 0.318 e. The molecule has 3 nitrogen and oxygen atoms in total. The van der Waals surface area contributed by atoms with E-state index in [0.29, 0.717) is 12.0 Å². The smallest absolute Gasteiger partial charge is 0.182 e. The van der Waals surface area contributed by atoms with Crippen LogP contribution in [0.15, 0.2) is 30.3 Å². The first kappa shape index (κ1) is 15.3. The minimum Gasteiger partial charge on any atom is -0.318 e. The first-order chi connectivity index (χ1) is 9.95. The zero-order valence-electron chi connectivity index (χ0n) is 12.4. The number of Topliss-reactive ketones (excluding diaryl/α,β-unsaturated/α-hetero) is 1. The number of hydrogen-bond acceptors (Lipinski definition) is 2. The van der Waals surface area contributed by atoms with Crippen LogP contribution < -0.4 is 0 Å². The van der Waals surface area contributed by atoms with Crippen molar-refractivity contribution in [2.75, 3.05) is 0 Å². The van der Waals surface area contributed by atoms with Gasteiger partial charge >= 0.3 is 0 Å². The van der Waals surface area contributed by atoms with Crippen LogP contribution in [0, 0.1) is 25.2 Å². The minimum atomic E-state index is -0.531. The van der Waals surface area contributed by atoms with Gasteiger partial charge in [0.05, 0.1) is 17.9 Å². The Hall–Kier alpha value is -2.05. The molecule has 21 heavy (non-hydrogen) atoms. The lowest BCUT2D eigenvalue weighted by molar-refractivity contribution is 0.0991. The molecule has 0 N–H and O–H groups in total. The molecule has 1 aromatic carbocycles. The van der Waals surface area contributed by atoms with Crippen molar-refractivity contribution in [3.8, 4) is 11.8 Å². The van der Waals surface area contributed by atoms with Crippen LogP contribution in [0.5, 0.6) is 0 Å². The third-order valence-electron chi connectivity index (χ3n) is 3.54. The molecule has 0 spiro atoms. The molecule has 1 atom stereocenters. The van der Waals surface area contributed by atoms with Crippen LogP contribution in [0.2, 0.25) is 0 Å². The van der Waals surface area contributed by atoms with Crippen LogP contribution in [-0.2, 0) is 6.42 Å². The number of hydrogen-bond donors (Lipinski definition) is 0. The maximum absolute atomic E-state index is 12.1. The summed E-state index contributed by atoms with van der Waals surface area (Å²) in [6, 6.07) is 11.8. The normalized spacial score (nSPS) is 12.0. The predicted octanol–water partition coefficient (Wildman–Crippen LogP) is 3.97. The van der Waals surface area contributed by atoms with E-state index in [4.69, 9.17) is 16.9 Å². The molecule has 0 amide bonds. The number of carbonyl (C=O) groups is 1. The number of benzene rings is 1. The van der Waals surface area contributed by atoms with E-state index < -0.39 is 5.38 Å². The van der Waals surface area contributed by atoms with Gasteiger partial charge in [-0.1, -0.05) is 12.1 Å². The number of halogens is 1. The summed E-state index contributed by atoms with van der Waals surface area (Å²) in [6.07, 6.45) is 0.400. The number of nitriles is 1. The lowest BCUT2D eigenvalue weighted by Gasteiger charge is -2.10. The van der Waals surface area contributed by atoms with E-state index in [1.165, 1.54) is 0 Å². The Morgan fingerprint density at radius 2 is 1.95 bits per heavy atom. The van der Waals surface area contributed by atoms with Crippen LogP contribution in [0.3, 0.4) is 0 Å². The molecular weight excluding hydrogens is 284 g/mol. The number of nitrogens with zero attached hydrogens (tertiary/aromatic N) is 2. The van der Waals surface area contributed by atoms with E-state index in [2.05, 4.69) is 6.07 Å². The van der Waals surface area contributed by atoms with Gasteiger partial charge in [0.15, 0.2) is 5.78 Å². The summed E-state index contributed by atoms with van der Waals surface area (Å²) >= 11 is 5.91. The van der Waals surface area contributed by atoms with Gasteiger partial charge in [0.2, 0.25) is 0 Å². The van der Waals surface area contributed by atoms with E-state index in [-0.39, 0.29) is 5.78 Å². The standard InChI is InChI=1S/C17H17ClN2O/c1-11-10-16(17(21)12(2)18)13(3)20(11)15-6-4-14(5-7-15)8-9-19/h4-7,10,12H,8H2,1-3H3. The third-order valence-corrected chi connectivity index (χ3v) is 3.73. The highest BCUT2D eigenvalue weighted by atomic mass is 35.5. The Morgan fingerprint density at radius 1 is 1.33 bits per heavy atom. The number of aryl methyl sites for hydroxylation is 1. The van der Waals surface area contributed by atoms with E-state index in [9.17, 15) is 4.79 Å². The van der Waals surface area contributed by atoms with Gasteiger partial charge in [-0.15, -0.1) is 11.6 Å². The number of alkyl halides is 1. The number of rotatable bonds is 4. The molecule has 0 saturated heterocycles. The maximum Gasteiger partial charge on any atom is 0.182 e. The molecule has 0 aliphatic heterocycles. The molecule has 0 fully saturated rings. The summed E-state index contributed by atoms with van der Waals surface area (Å²) in [5.41, 5.74) is 4.50. The lowest BCUT2D eigenvalue weighted by atomic mass is 10.1. The van der Waals surface area contributed by atoms with Crippen molar-refractivity contribution in [2.24, 2.45) is 0 Å². The van der Waals surface area contributed by atoms with E-state index in [0.717, 1.165) is 22.6 Å². The van der Waals surface area contributed by atoms with Gasteiger partial charge in [-0.25, -0.2) is 0 Å². The van der Waals surface area contributed by atoms with Crippen molar-refractivity contribution >= 4 is 17.4 Å². The molecule has 0 bridgehead atoms. The second kappa shape index (κ2) is 6.15. The Kier molecular flexibility index (Phi) is 4.50. The highest BCUT2D eigenvalue weighted by Crippen LogP contribution is 2.23. The van der Waals surface area contributed by atoms with Gasteiger partial charge in [0.25, 0.3) is 0 Å². The second-order valence-electron chi connectivity index (χ2n) is 5.10. The lowest BCUT2D eigenvalue weighted by Crippen LogP contribution is -2.11. The summed E-state index contributed by atoms with van der Waals surface area (Å²) in [5, 5.41) is 8.17. The molecule has 0 saturated carbocycles. The predicted molar refractivity (Wildman–Crippen MR) is 84.2 cm³/mol. The van der Waals surface area contributed by atoms with Gasteiger partial charge < -0.3 is 4.57 Å². The van der Waals surface area contributed by atoms with Gasteiger partial charge in [-0.05, 0) is 44.5 Å². The highest BCUT2D eigenvalue weighted by Gasteiger charge is 2.19. The summed E-state index contributed by atoms with van der Waals surface area (Å²) < 4.78 is 2.03. The molecule has 2 rings (SSSR count). The highest BCUT2D eigenvalue weighted by molar-refractivity contribution is 6.33. The van der Waals surface area contributed by atoms with Crippen molar-refractivity contribution < 1.29 is 4.79 Å². The summed E-state index contributed by atoms with van der Waals surface area (Å²) in [5.74, 6) is -0.0582. The topological polar surface area (TPSA) is 45.8 Å². The summed E-state index contributed by atoms with van der Waals surface area (Å²) in [4.78, 5) is 12.1. The minimum absolute atomic E-state index is 0.0582. The Bertz CT molecular complexity index is 706. The Labute approximate surface area is 129 Å². The summed E-state index contributed by atoms with van der Waals surface area (Å²) in [6.45, 7) is 5.57. The fraction of sp³-hybridized carbons (Fsp3) is 0.294. The zero-order valence-corrected chi connectivity index (χ0v) is 13.1. The molecule has 2 aromatic rings. The quantitative estimate of drug-likeness (QED) is 0.633. The molecular formula is C17H17ClN2O. The van der Waals surface area contributed by atoms with Crippen molar-refractivity contribution in [1.82, 2.24) is 4.57 Å². The Morgan fingerprint density at radius 3 is 2.48 bits per heavy atom. The SMILES string of the molecule is Cc1cc(C(=O)C(C)Cl)c(C)n1-c1ccc(CC#N)cc1. The molecule has 1 aromatic heterocycles. The fourth-order valence-corrected chi connectivity index (χ4v) is 2.60. The summed E-state index contributed by atoms with van der Waals surface area (Å²) in [7, 11) is 0. The van der Waals surface area contributed by atoms with Crippen LogP contribution in [0.25, 0.3) is 5.69 Å². The average molecular weight is 301 g/mol. The van der Waals surface area contributed by atoms with Gasteiger partial charge in [-0.2, -0.15) is 5.26 Å². The van der Waals surface area contributed by atoms with Crippen LogP contribution >= 0.6 is 11.6 Å².